The van der Waals surface area contributed by atoms with Crippen molar-refractivity contribution in [2.75, 3.05) is 0 Å². The number of aromatic nitrogens is 2. The molecule has 0 aliphatic rings. The number of rotatable bonds is 7. The molecule has 0 spiro atoms. The molecule has 0 aliphatic heterocycles. The predicted octanol–water partition coefficient (Wildman–Crippen LogP) is 3.58. The minimum absolute atomic E-state index is 0.0125. The molecule has 144 valence electrons. The Bertz CT molecular complexity index is 1180. The Balaban J connectivity index is 1.71. The van der Waals surface area contributed by atoms with Crippen LogP contribution < -0.4 is 10.5 Å². The molecular weight excluding hydrogens is 366 g/mol. The molecule has 6 heteroatoms. The normalized spacial score (nSPS) is 10.8. The van der Waals surface area contributed by atoms with E-state index in [4.69, 9.17) is 10.5 Å². The van der Waals surface area contributed by atoms with Crippen molar-refractivity contribution in [3.63, 3.8) is 0 Å². The molecule has 0 unspecified atom stereocenters. The molecule has 4 aromatic rings. The summed E-state index contributed by atoms with van der Waals surface area (Å²) < 4.78 is 7.66. The summed E-state index contributed by atoms with van der Waals surface area (Å²) in [5.41, 5.74) is 9.20. The second-order valence-corrected chi connectivity index (χ2v) is 6.66. The Morgan fingerprint density at radius 3 is 2.62 bits per heavy atom. The Kier molecular flexibility index (Phi) is 5.07. The molecule has 29 heavy (non-hydrogen) atoms. The third-order valence-corrected chi connectivity index (χ3v) is 4.56. The highest BCUT2D eigenvalue weighted by molar-refractivity contribution is 5.88. The van der Waals surface area contributed by atoms with Crippen LogP contribution >= 0.6 is 0 Å². The van der Waals surface area contributed by atoms with E-state index in [1.54, 1.807) is 22.8 Å². The third kappa shape index (κ3) is 4.01. The highest BCUT2D eigenvalue weighted by Crippen LogP contribution is 2.28. The number of amides is 1. The first-order valence-corrected chi connectivity index (χ1v) is 9.15. The molecule has 0 saturated heterocycles. The van der Waals surface area contributed by atoms with Gasteiger partial charge in [0, 0.05) is 11.1 Å². The lowest BCUT2D eigenvalue weighted by Gasteiger charge is -2.10. The molecule has 0 fully saturated rings. The zero-order valence-electron chi connectivity index (χ0n) is 15.6. The number of nitrogens with two attached hydrogens (primary N) is 1. The van der Waals surface area contributed by atoms with E-state index in [1.165, 1.54) is 0 Å². The lowest BCUT2D eigenvalue weighted by atomic mass is 10.2. The number of hydrogen-bond acceptors (Lipinski definition) is 4. The predicted molar refractivity (Wildman–Crippen MR) is 111 cm³/mol. The molecule has 1 aromatic heterocycles. The van der Waals surface area contributed by atoms with Crippen LogP contribution in [0.1, 0.15) is 15.9 Å². The van der Waals surface area contributed by atoms with Crippen molar-refractivity contribution in [2.24, 2.45) is 5.73 Å². The van der Waals surface area contributed by atoms with Crippen molar-refractivity contribution < 1.29 is 14.3 Å². The number of carbonyl (C=O) groups is 2. The van der Waals surface area contributed by atoms with Gasteiger partial charge < -0.3 is 15.0 Å². The van der Waals surface area contributed by atoms with Crippen molar-refractivity contribution in [3.05, 3.63) is 83.9 Å². The molecule has 3 aromatic carbocycles. The molecule has 4 rings (SSSR count). The largest absolute Gasteiger partial charge is 0.489 e. The number of nitrogens with zero attached hydrogens (tertiary/aromatic N) is 2. The van der Waals surface area contributed by atoms with E-state index < -0.39 is 5.91 Å². The van der Waals surface area contributed by atoms with Gasteiger partial charge in [0.15, 0.2) is 0 Å². The lowest BCUT2D eigenvalue weighted by Crippen LogP contribution is -2.19. The number of hydrogen-bond donors (Lipinski definition) is 1. The summed E-state index contributed by atoms with van der Waals surface area (Å²) in [6, 6.07) is 22.6. The average molecular weight is 385 g/mol. The van der Waals surface area contributed by atoms with Gasteiger partial charge in [-0.1, -0.05) is 42.5 Å². The Labute approximate surface area is 167 Å². The number of fused-ring (bicyclic) bond motifs is 1. The van der Waals surface area contributed by atoms with Crippen molar-refractivity contribution >= 4 is 23.2 Å². The number of carbonyl (C=O) groups excluding carboxylic acids is 2. The van der Waals surface area contributed by atoms with Crippen molar-refractivity contribution in [1.29, 1.82) is 0 Å². The average Bonchev–Trinajstić information content (AvgIpc) is 3.10. The maximum atomic E-state index is 11.6. The van der Waals surface area contributed by atoms with Gasteiger partial charge in [0.05, 0.1) is 11.0 Å². The summed E-state index contributed by atoms with van der Waals surface area (Å²) in [6.07, 6.45) is 0.768. The molecule has 2 N–H and O–H groups in total. The molecule has 6 nitrogen and oxygen atoms in total. The summed E-state index contributed by atoms with van der Waals surface area (Å²) in [5, 5.41) is 0. The smallest absolute Gasteiger partial charge is 0.237 e. The molecule has 0 bridgehead atoms. The van der Waals surface area contributed by atoms with Gasteiger partial charge in [-0.05, 0) is 35.9 Å². The minimum Gasteiger partial charge on any atom is -0.489 e. The van der Waals surface area contributed by atoms with Crippen LogP contribution in [0.25, 0.3) is 22.4 Å². The van der Waals surface area contributed by atoms with Gasteiger partial charge in [-0.3, -0.25) is 9.59 Å². The number of imidazole rings is 1. The molecule has 1 heterocycles. The first-order chi connectivity index (χ1) is 14.1. The minimum atomic E-state index is -0.471. The second kappa shape index (κ2) is 7.98. The number of primary amides is 1. The fraction of sp³-hybridized carbons (Fsp3) is 0.0870. The zero-order valence-corrected chi connectivity index (χ0v) is 15.6. The highest BCUT2D eigenvalue weighted by atomic mass is 16.5. The fourth-order valence-electron chi connectivity index (χ4n) is 3.22. The molecule has 0 aliphatic carbocycles. The number of aldehydes is 1. The van der Waals surface area contributed by atoms with E-state index in [-0.39, 0.29) is 6.54 Å². The maximum Gasteiger partial charge on any atom is 0.237 e. The van der Waals surface area contributed by atoms with Crippen LogP contribution in [0.15, 0.2) is 72.8 Å². The van der Waals surface area contributed by atoms with Crippen LogP contribution in [0, 0.1) is 0 Å². The molecule has 1 amide bonds. The van der Waals surface area contributed by atoms with Gasteiger partial charge in [0.1, 0.15) is 31.0 Å². The topological polar surface area (TPSA) is 87.2 Å². The van der Waals surface area contributed by atoms with Gasteiger partial charge in [-0.15, -0.1) is 0 Å². The molecule has 0 saturated carbocycles. The van der Waals surface area contributed by atoms with Crippen LogP contribution in [-0.4, -0.2) is 21.7 Å². The molecular formula is C23H19N3O3. The maximum absolute atomic E-state index is 11.6. The number of benzene rings is 3. The number of ether oxygens (including phenoxy) is 1. The highest BCUT2D eigenvalue weighted by Gasteiger charge is 2.15. The Morgan fingerprint density at radius 1 is 1.03 bits per heavy atom. The first-order valence-electron chi connectivity index (χ1n) is 9.15. The van der Waals surface area contributed by atoms with E-state index >= 15 is 0 Å². The monoisotopic (exact) mass is 385 g/mol. The van der Waals surface area contributed by atoms with Gasteiger partial charge in [0.2, 0.25) is 5.91 Å². The lowest BCUT2D eigenvalue weighted by molar-refractivity contribution is -0.118. The van der Waals surface area contributed by atoms with Gasteiger partial charge in [-0.2, -0.15) is 0 Å². The van der Waals surface area contributed by atoms with Gasteiger partial charge in [-0.25, -0.2) is 4.98 Å². The first kappa shape index (κ1) is 18.4. The van der Waals surface area contributed by atoms with E-state index in [1.807, 2.05) is 54.6 Å². The molecule has 0 radical (unpaired) electrons. The third-order valence-electron chi connectivity index (χ3n) is 4.56. The quantitative estimate of drug-likeness (QED) is 0.493. The van der Waals surface area contributed by atoms with Gasteiger partial charge >= 0.3 is 0 Å². The van der Waals surface area contributed by atoms with Crippen LogP contribution in [0.5, 0.6) is 5.75 Å². The summed E-state index contributed by atoms with van der Waals surface area (Å²) in [7, 11) is 0. The van der Waals surface area contributed by atoms with Crippen molar-refractivity contribution in [3.8, 4) is 17.1 Å². The van der Waals surface area contributed by atoms with Crippen LogP contribution in [-0.2, 0) is 17.9 Å². The summed E-state index contributed by atoms with van der Waals surface area (Å²) in [4.78, 5) is 27.4. The van der Waals surface area contributed by atoms with E-state index in [9.17, 15) is 9.59 Å². The van der Waals surface area contributed by atoms with Crippen LogP contribution in [0.4, 0.5) is 0 Å². The van der Waals surface area contributed by atoms with Crippen LogP contribution in [0.2, 0.25) is 0 Å². The summed E-state index contributed by atoms with van der Waals surface area (Å²) >= 11 is 0. The van der Waals surface area contributed by atoms with Crippen LogP contribution in [0.3, 0.4) is 0 Å². The SMILES string of the molecule is NC(=O)Cn1c(-c2cccc(OCc3ccccc3)c2)nc2cc(C=O)ccc21. The second-order valence-electron chi connectivity index (χ2n) is 6.66. The standard InChI is InChI=1S/C23H19N3O3/c24-22(28)13-26-21-10-9-17(14-27)11-20(21)25-23(26)18-7-4-8-19(12-18)29-15-16-5-2-1-3-6-16/h1-12,14H,13,15H2,(H2,24,28). The molecule has 0 atom stereocenters. The zero-order chi connectivity index (χ0) is 20.2. The van der Waals surface area contributed by atoms with Crippen molar-refractivity contribution in [1.82, 2.24) is 9.55 Å². The van der Waals surface area contributed by atoms with E-state index in [0.29, 0.717) is 29.3 Å². The summed E-state index contributed by atoms with van der Waals surface area (Å²) in [6.45, 7) is 0.437. The Morgan fingerprint density at radius 2 is 1.86 bits per heavy atom. The summed E-state index contributed by atoms with van der Waals surface area (Å²) in [5.74, 6) is 0.811. The van der Waals surface area contributed by atoms with E-state index in [0.717, 1.165) is 22.9 Å². The van der Waals surface area contributed by atoms with E-state index in [2.05, 4.69) is 4.98 Å². The van der Waals surface area contributed by atoms with Crippen molar-refractivity contribution in [2.45, 2.75) is 13.2 Å². The Hall–Kier alpha value is -3.93. The fourth-order valence-corrected chi connectivity index (χ4v) is 3.22. The van der Waals surface area contributed by atoms with Gasteiger partial charge in [0.25, 0.3) is 0 Å².